The van der Waals surface area contributed by atoms with Gasteiger partial charge in [0.15, 0.2) is 0 Å². The lowest BCUT2D eigenvalue weighted by molar-refractivity contribution is -0.143. The summed E-state index contributed by atoms with van der Waals surface area (Å²) in [5, 5.41) is 23.4. The number of amides is 1. The van der Waals surface area contributed by atoms with Crippen molar-refractivity contribution in [2.45, 2.75) is 475 Å². The first-order valence-electron chi connectivity index (χ1n) is 39.3. The molecule has 0 aromatic heterocycles. The largest absolute Gasteiger partial charge is 0.466 e. The molecule has 0 saturated carbocycles. The smallest absolute Gasteiger partial charge is 0.305 e. The van der Waals surface area contributed by atoms with Crippen LogP contribution in [-0.2, 0) is 14.3 Å². The minimum atomic E-state index is -0.660. The van der Waals surface area contributed by atoms with E-state index in [4.69, 9.17) is 4.74 Å². The normalized spacial score (nSPS) is 12.4. The number of hydrogen-bond acceptors (Lipinski definition) is 5. The van der Waals surface area contributed by atoms with E-state index in [0.717, 1.165) is 38.5 Å². The van der Waals surface area contributed by atoms with E-state index in [0.29, 0.717) is 25.9 Å². The molecule has 2 unspecified atom stereocenters. The van der Waals surface area contributed by atoms with Crippen LogP contribution in [-0.4, -0.2) is 47.4 Å². The molecule has 0 fully saturated rings. The zero-order valence-corrected chi connectivity index (χ0v) is 57.7. The Labute approximate surface area is 527 Å². The van der Waals surface area contributed by atoms with Gasteiger partial charge in [-0.2, -0.15) is 0 Å². The first-order chi connectivity index (χ1) is 41.5. The van der Waals surface area contributed by atoms with E-state index >= 15 is 0 Å². The molecule has 3 N–H and O–H groups in total. The maximum atomic E-state index is 12.5. The van der Waals surface area contributed by atoms with E-state index in [1.807, 2.05) is 0 Å². The minimum Gasteiger partial charge on any atom is -0.466 e. The Balaban J connectivity index is 3.29. The number of aliphatic hydroxyl groups excluding tert-OH is 2. The highest BCUT2D eigenvalue weighted by molar-refractivity contribution is 5.76. The summed E-state index contributed by atoms with van der Waals surface area (Å²) in [7, 11) is 0. The van der Waals surface area contributed by atoms with Crippen LogP contribution in [0.1, 0.15) is 463 Å². The third kappa shape index (κ3) is 70.0. The first kappa shape index (κ1) is 82.9. The zero-order valence-electron chi connectivity index (χ0n) is 57.7. The summed E-state index contributed by atoms with van der Waals surface area (Å²) < 4.78 is 5.52. The van der Waals surface area contributed by atoms with Crippen LogP contribution in [0, 0.1) is 0 Å². The van der Waals surface area contributed by atoms with Crippen LogP contribution in [0.15, 0.2) is 0 Å². The van der Waals surface area contributed by atoms with Crippen LogP contribution >= 0.6 is 0 Å². The van der Waals surface area contributed by atoms with Gasteiger partial charge in [0.1, 0.15) is 0 Å². The lowest BCUT2D eigenvalue weighted by Gasteiger charge is -2.22. The Hall–Kier alpha value is -1.14. The Kier molecular flexibility index (Phi) is 73.3. The maximum Gasteiger partial charge on any atom is 0.305 e. The molecule has 6 nitrogen and oxygen atoms in total. The van der Waals surface area contributed by atoms with Crippen molar-refractivity contribution in [1.82, 2.24) is 5.32 Å². The molecule has 0 rings (SSSR count). The van der Waals surface area contributed by atoms with Crippen LogP contribution in [0.25, 0.3) is 0 Å². The number of aliphatic hydroxyl groups is 2. The van der Waals surface area contributed by atoms with Gasteiger partial charge in [0, 0.05) is 12.8 Å². The average molecular weight is 1190 g/mol. The summed E-state index contributed by atoms with van der Waals surface area (Å²) in [4.78, 5) is 24.7. The van der Waals surface area contributed by atoms with Crippen molar-refractivity contribution in [2.75, 3.05) is 13.2 Å². The van der Waals surface area contributed by atoms with E-state index < -0.39 is 12.1 Å². The number of unbranched alkanes of at least 4 members (excludes halogenated alkanes) is 64. The summed E-state index contributed by atoms with van der Waals surface area (Å²) in [5.74, 6) is 0.00169. The number of rotatable bonds is 75. The fourth-order valence-corrected chi connectivity index (χ4v) is 12.9. The van der Waals surface area contributed by atoms with Crippen LogP contribution < -0.4 is 5.32 Å². The van der Waals surface area contributed by atoms with Crippen molar-refractivity contribution in [3.8, 4) is 0 Å². The molecule has 0 aromatic carbocycles. The molecule has 0 radical (unpaired) electrons. The third-order valence-electron chi connectivity index (χ3n) is 18.9. The summed E-state index contributed by atoms with van der Waals surface area (Å²) >= 11 is 0. The predicted molar refractivity (Wildman–Crippen MR) is 371 cm³/mol. The molecule has 84 heavy (non-hydrogen) atoms. The van der Waals surface area contributed by atoms with Gasteiger partial charge in [-0.3, -0.25) is 9.59 Å². The van der Waals surface area contributed by atoms with Gasteiger partial charge in [-0.05, 0) is 25.7 Å². The summed E-state index contributed by atoms with van der Waals surface area (Å²) in [6.07, 6.45) is 91.9. The zero-order chi connectivity index (χ0) is 60.6. The second-order valence-electron chi connectivity index (χ2n) is 27.4. The Morgan fingerprint density at radius 1 is 0.286 bits per heavy atom. The molecule has 0 aliphatic heterocycles. The fraction of sp³-hybridized carbons (Fsp3) is 0.974. The first-order valence-corrected chi connectivity index (χ1v) is 39.3. The number of ether oxygens (including phenoxy) is 1. The van der Waals surface area contributed by atoms with Crippen LogP contribution in [0.5, 0.6) is 0 Å². The molecule has 0 aliphatic carbocycles. The molecule has 2 atom stereocenters. The summed E-state index contributed by atoms with van der Waals surface area (Å²) in [5.41, 5.74) is 0. The molecule has 1 amide bonds. The van der Waals surface area contributed by atoms with Crippen LogP contribution in [0.3, 0.4) is 0 Å². The van der Waals surface area contributed by atoms with Gasteiger partial charge in [0.05, 0.1) is 25.4 Å². The van der Waals surface area contributed by atoms with Gasteiger partial charge in [0.25, 0.3) is 0 Å². The van der Waals surface area contributed by atoms with E-state index in [9.17, 15) is 19.8 Å². The highest BCUT2D eigenvalue weighted by atomic mass is 16.5. The molecule has 0 bridgehead atoms. The van der Waals surface area contributed by atoms with Crippen molar-refractivity contribution >= 4 is 11.9 Å². The van der Waals surface area contributed by atoms with Gasteiger partial charge >= 0.3 is 5.97 Å². The number of carbonyl (C=O) groups is 2. The number of hydrogen-bond donors (Lipinski definition) is 3. The molecular weight excluding hydrogens is 1030 g/mol. The highest BCUT2D eigenvalue weighted by Gasteiger charge is 2.20. The number of esters is 1. The fourth-order valence-electron chi connectivity index (χ4n) is 12.9. The average Bonchev–Trinajstić information content (AvgIpc) is 3.51. The molecule has 6 heteroatoms. The Morgan fingerprint density at radius 3 is 0.726 bits per heavy atom. The van der Waals surface area contributed by atoms with E-state index in [1.54, 1.807) is 0 Å². The summed E-state index contributed by atoms with van der Waals surface area (Å²) in [6.45, 7) is 5.02. The van der Waals surface area contributed by atoms with Gasteiger partial charge in [-0.25, -0.2) is 0 Å². The SMILES string of the molecule is CCCCCCCCCCCCCCCCCCCCC(=O)OCCCCCCCCCCCCCCCCCCCCCCCCCCCCCCCCCCC(=O)NC(CO)C(O)CCCCCCCCCCCCCCCCCCC. The van der Waals surface area contributed by atoms with Crippen LogP contribution in [0.4, 0.5) is 0 Å². The van der Waals surface area contributed by atoms with Crippen molar-refractivity contribution in [3.63, 3.8) is 0 Å². The van der Waals surface area contributed by atoms with Crippen molar-refractivity contribution in [2.24, 2.45) is 0 Å². The predicted octanol–water partition coefficient (Wildman–Crippen LogP) is 25.7. The van der Waals surface area contributed by atoms with Crippen LogP contribution in [0.2, 0.25) is 0 Å². The van der Waals surface area contributed by atoms with E-state index in [1.165, 1.54) is 392 Å². The molecule has 0 aromatic rings. The summed E-state index contributed by atoms with van der Waals surface area (Å²) in [6, 6.07) is -0.537. The van der Waals surface area contributed by atoms with Gasteiger partial charge < -0.3 is 20.3 Å². The van der Waals surface area contributed by atoms with Crippen molar-refractivity contribution in [3.05, 3.63) is 0 Å². The molecule has 0 saturated heterocycles. The number of nitrogens with one attached hydrogen (secondary N) is 1. The highest BCUT2D eigenvalue weighted by Crippen LogP contribution is 2.21. The molecule has 0 heterocycles. The monoisotopic (exact) mass is 1190 g/mol. The van der Waals surface area contributed by atoms with Crippen molar-refractivity contribution < 1.29 is 24.5 Å². The second-order valence-corrected chi connectivity index (χ2v) is 27.4. The molecule has 0 aliphatic rings. The quantitative estimate of drug-likeness (QED) is 0.0417. The number of carbonyl (C=O) groups excluding carboxylic acids is 2. The van der Waals surface area contributed by atoms with Gasteiger partial charge in [-0.1, -0.05) is 425 Å². The minimum absolute atomic E-state index is 0.0255. The molecular formula is C78H155NO5. The topological polar surface area (TPSA) is 95.9 Å². The molecule has 502 valence electrons. The van der Waals surface area contributed by atoms with Crippen molar-refractivity contribution in [1.29, 1.82) is 0 Å². The molecule has 0 spiro atoms. The van der Waals surface area contributed by atoms with Gasteiger partial charge in [0.2, 0.25) is 5.91 Å². The second kappa shape index (κ2) is 74.3. The van der Waals surface area contributed by atoms with E-state index in [2.05, 4.69) is 19.2 Å². The van der Waals surface area contributed by atoms with Gasteiger partial charge in [-0.15, -0.1) is 0 Å². The maximum absolute atomic E-state index is 12.5. The lowest BCUT2D eigenvalue weighted by Crippen LogP contribution is -2.45. The Morgan fingerprint density at radius 2 is 0.488 bits per heavy atom. The Bertz CT molecular complexity index is 1230. The standard InChI is InChI=1S/C78H155NO5/c1-3-5-7-9-11-13-15-17-19-21-40-44-48-52-56-60-64-68-72-78(83)84-73-69-65-61-57-53-49-45-41-37-35-33-31-29-27-25-23-22-24-26-28-30-32-34-36-39-43-47-51-55-59-63-67-71-77(82)79-75(74-80)76(81)70-66-62-58-54-50-46-42-38-20-18-16-14-12-10-8-6-4-2/h75-76,80-81H,3-74H2,1-2H3,(H,79,82). The third-order valence-corrected chi connectivity index (χ3v) is 18.9. The lowest BCUT2D eigenvalue weighted by atomic mass is 10.0. The van der Waals surface area contributed by atoms with E-state index in [-0.39, 0.29) is 18.5 Å².